The number of hydrogen-bond donors (Lipinski definition) is 2. The average Bonchev–Trinajstić information content (AvgIpc) is 2.68. The van der Waals surface area contributed by atoms with Crippen molar-refractivity contribution >= 4 is 0 Å². The summed E-state index contributed by atoms with van der Waals surface area (Å²) >= 11 is 0. The Morgan fingerprint density at radius 1 is 0.692 bits per heavy atom. The van der Waals surface area contributed by atoms with Crippen molar-refractivity contribution in [2.75, 3.05) is 0 Å². The van der Waals surface area contributed by atoms with Crippen LogP contribution in [-0.4, -0.2) is 12.1 Å². The van der Waals surface area contributed by atoms with Gasteiger partial charge in [-0.05, 0) is 37.8 Å². The van der Waals surface area contributed by atoms with Gasteiger partial charge in [0.2, 0.25) is 0 Å². The van der Waals surface area contributed by atoms with Gasteiger partial charge in [0.15, 0.2) is 0 Å². The van der Waals surface area contributed by atoms with E-state index in [1.54, 1.807) is 0 Å². The maximum absolute atomic E-state index is 3.97. The monoisotopic (exact) mass is 348 g/mol. The maximum atomic E-state index is 3.97. The molecule has 0 aliphatic rings. The highest BCUT2D eigenvalue weighted by molar-refractivity contribution is 5.20. The van der Waals surface area contributed by atoms with Gasteiger partial charge in [-0.2, -0.15) is 0 Å². The van der Waals surface area contributed by atoms with E-state index in [0.717, 1.165) is 12.8 Å². The van der Waals surface area contributed by atoms with Gasteiger partial charge in [0, 0.05) is 24.2 Å². The van der Waals surface area contributed by atoms with Gasteiger partial charge in [0.1, 0.15) is 0 Å². The molecular weight excluding hydrogens is 316 g/mol. The second-order valence-corrected chi connectivity index (χ2v) is 6.86. The van der Waals surface area contributed by atoms with Crippen molar-refractivity contribution < 1.29 is 0 Å². The SMILES string of the molecule is C=CC[C@@H](N[C@@H](C)c1ccccc1)[C@@H](CC=C)N[C@@H](C)c1ccccc1. The molecule has 0 aliphatic heterocycles. The summed E-state index contributed by atoms with van der Waals surface area (Å²) in [5.74, 6) is 0. The zero-order chi connectivity index (χ0) is 18.8. The molecular formula is C24H32N2. The first-order chi connectivity index (χ1) is 12.7. The first-order valence-electron chi connectivity index (χ1n) is 9.49. The molecule has 0 aliphatic carbocycles. The van der Waals surface area contributed by atoms with E-state index < -0.39 is 0 Å². The molecule has 138 valence electrons. The molecule has 2 aromatic carbocycles. The minimum Gasteiger partial charge on any atom is -0.306 e. The van der Waals surface area contributed by atoms with Crippen molar-refractivity contribution in [2.45, 2.75) is 50.9 Å². The van der Waals surface area contributed by atoms with Crippen LogP contribution in [0.4, 0.5) is 0 Å². The van der Waals surface area contributed by atoms with Crippen LogP contribution in [0.15, 0.2) is 86.0 Å². The predicted molar refractivity (Wildman–Crippen MR) is 113 cm³/mol. The second-order valence-electron chi connectivity index (χ2n) is 6.86. The number of nitrogens with one attached hydrogen (secondary N) is 2. The number of benzene rings is 2. The lowest BCUT2D eigenvalue weighted by Gasteiger charge is -2.33. The third-order valence-electron chi connectivity index (χ3n) is 4.85. The van der Waals surface area contributed by atoms with Crippen LogP contribution in [0.5, 0.6) is 0 Å². The predicted octanol–water partition coefficient (Wildman–Crippen LogP) is 5.58. The molecule has 0 amide bonds. The molecule has 26 heavy (non-hydrogen) atoms. The van der Waals surface area contributed by atoms with Crippen LogP contribution in [-0.2, 0) is 0 Å². The van der Waals surface area contributed by atoms with Gasteiger partial charge >= 0.3 is 0 Å². The Balaban J connectivity index is 2.11. The van der Waals surface area contributed by atoms with Gasteiger partial charge in [-0.3, -0.25) is 0 Å². The third kappa shape index (κ3) is 5.98. The summed E-state index contributed by atoms with van der Waals surface area (Å²) in [6.45, 7) is 12.4. The van der Waals surface area contributed by atoms with E-state index in [2.05, 4.69) is 98.3 Å². The Bertz CT molecular complexity index is 591. The molecule has 4 atom stereocenters. The van der Waals surface area contributed by atoms with Gasteiger partial charge in [-0.15, -0.1) is 13.2 Å². The lowest BCUT2D eigenvalue weighted by Crippen LogP contribution is -2.49. The van der Waals surface area contributed by atoms with E-state index in [-0.39, 0.29) is 24.2 Å². The van der Waals surface area contributed by atoms with E-state index in [9.17, 15) is 0 Å². The highest BCUT2D eigenvalue weighted by atomic mass is 15.0. The molecule has 0 unspecified atom stereocenters. The zero-order valence-electron chi connectivity index (χ0n) is 16.1. The summed E-state index contributed by atoms with van der Waals surface area (Å²) < 4.78 is 0. The minimum absolute atomic E-state index is 0.280. The van der Waals surface area contributed by atoms with Crippen LogP contribution >= 0.6 is 0 Å². The molecule has 0 aromatic heterocycles. The van der Waals surface area contributed by atoms with E-state index in [1.165, 1.54) is 11.1 Å². The van der Waals surface area contributed by atoms with Crippen molar-refractivity contribution in [1.82, 2.24) is 10.6 Å². The Labute approximate surface area is 159 Å². The topological polar surface area (TPSA) is 24.1 Å². The lowest BCUT2D eigenvalue weighted by atomic mass is 9.97. The molecule has 0 heterocycles. The molecule has 0 bridgehead atoms. The quantitative estimate of drug-likeness (QED) is 0.518. The van der Waals surface area contributed by atoms with Gasteiger partial charge in [0.25, 0.3) is 0 Å². The van der Waals surface area contributed by atoms with Gasteiger partial charge in [-0.25, -0.2) is 0 Å². The standard InChI is InChI=1S/C24H32N2/c1-5-13-23(25-19(3)21-15-9-7-10-16-21)24(14-6-2)26-20(4)22-17-11-8-12-18-22/h5-12,15-20,23-26H,1-2,13-14H2,3-4H3/t19-,20-,23+,24+/m0/s1. The Kier molecular flexibility index (Phi) is 8.33. The van der Waals surface area contributed by atoms with Crippen molar-refractivity contribution in [3.05, 3.63) is 97.1 Å². The largest absolute Gasteiger partial charge is 0.306 e. The molecule has 0 saturated carbocycles. The van der Waals surface area contributed by atoms with Crippen molar-refractivity contribution in [2.24, 2.45) is 0 Å². The fourth-order valence-corrected chi connectivity index (χ4v) is 3.37. The van der Waals surface area contributed by atoms with Crippen LogP contribution in [0.3, 0.4) is 0 Å². The number of hydrogen-bond acceptors (Lipinski definition) is 2. The molecule has 0 radical (unpaired) electrons. The highest BCUT2D eigenvalue weighted by Gasteiger charge is 2.23. The van der Waals surface area contributed by atoms with Gasteiger partial charge in [-0.1, -0.05) is 72.8 Å². The Morgan fingerprint density at radius 3 is 1.35 bits per heavy atom. The van der Waals surface area contributed by atoms with Gasteiger partial charge in [0.05, 0.1) is 0 Å². The normalized spacial score (nSPS) is 15.6. The fourth-order valence-electron chi connectivity index (χ4n) is 3.37. The molecule has 2 N–H and O–H groups in total. The molecule has 0 fully saturated rings. The van der Waals surface area contributed by atoms with Crippen molar-refractivity contribution in [3.8, 4) is 0 Å². The summed E-state index contributed by atoms with van der Waals surface area (Å²) in [7, 11) is 0. The molecule has 2 nitrogen and oxygen atoms in total. The van der Waals surface area contributed by atoms with E-state index in [0.29, 0.717) is 0 Å². The zero-order valence-corrected chi connectivity index (χ0v) is 16.1. The smallest absolute Gasteiger partial charge is 0.0295 e. The summed E-state index contributed by atoms with van der Waals surface area (Å²) in [6.07, 6.45) is 5.81. The van der Waals surface area contributed by atoms with Crippen LogP contribution in [0, 0.1) is 0 Å². The fraction of sp³-hybridized carbons (Fsp3) is 0.333. The summed E-state index contributed by atoms with van der Waals surface area (Å²) in [6, 6.07) is 22.3. The van der Waals surface area contributed by atoms with Crippen LogP contribution in [0.2, 0.25) is 0 Å². The minimum atomic E-state index is 0.280. The summed E-state index contributed by atoms with van der Waals surface area (Å²) in [5.41, 5.74) is 2.60. The molecule has 2 aromatic rings. The first-order valence-corrected chi connectivity index (χ1v) is 9.49. The summed E-state index contributed by atoms with van der Waals surface area (Å²) in [4.78, 5) is 0. The van der Waals surface area contributed by atoms with Crippen molar-refractivity contribution in [1.29, 1.82) is 0 Å². The van der Waals surface area contributed by atoms with Crippen molar-refractivity contribution in [3.63, 3.8) is 0 Å². The maximum Gasteiger partial charge on any atom is 0.0295 e. The Hall–Kier alpha value is -2.16. The highest BCUT2D eigenvalue weighted by Crippen LogP contribution is 2.19. The second kappa shape index (κ2) is 10.7. The third-order valence-corrected chi connectivity index (χ3v) is 4.85. The lowest BCUT2D eigenvalue weighted by molar-refractivity contribution is 0.324. The van der Waals surface area contributed by atoms with Crippen LogP contribution in [0.25, 0.3) is 0 Å². The van der Waals surface area contributed by atoms with Crippen LogP contribution in [0.1, 0.15) is 49.9 Å². The Morgan fingerprint density at radius 2 is 1.04 bits per heavy atom. The molecule has 2 rings (SSSR count). The van der Waals surface area contributed by atoms with Gasteiger partial charge < -0.3 is 10.6 Å². The number of rotatable bonds is 11. The van der Waals surface area contributed by atoms with E-state index in [1.807, 2.05) is 12.2 Å². The molecule has 0 spiro atoms. The van der Waals surface area contributed by atoms with E-state index >= 15 is 0 Å². The summed E-state index contributed by atoms with van der Waals surface area (Å²) in [5, 5.41) is 7.59. The first kappa shape index (κ1) is 20.2. The van der Waals surface area contributed by atoms with Crippen LogP contribution < -0.4 is 10.6 Å². The molecule has 0 saturated heterocycles. The van der Waals surface area contributed by atoms with E-state index in [4.69, 9.17) is 0 Å². The molecule has 2 heteroatoms. The average molecular weight is 349 g/mol.